The van der Waals surface area contributed by atoms with Crippen LogP contribution in [-0.4, -0.2) is 21.6 Å². The van der Waals surface area contributed by atoms with Crippen LogP contribution in [0.4, 0.5) is 5.82 Å². The van der Waals surface area contributed by atoms with Gasteiger partial charge in [0.2, 0.25) is 0 Å². The highest BCUT2D eigenvalue weighted by molar-refractivity contribution is 6.18. The zero-order valence-electron chi connectivity index (χ0n) is 16.9. The summed E-state index contributed by atoms with van der Waals surface area (Å²) in [6, 6.07) is 9.63. The number of hydrogen-bond donors (Lipinski definition) is 1. The van der Waals surface area contributed by atoms with Crippen LogP contribution in [0.15, 0.2) is 64.4 Å². The number of carbonyl (C=O) groups excluding carboxylic acids is 1. The fraction of sp³-hybridized carbons (Fsp3) is 0.304. The van der Waals surface area contributed by atoms with E-state index >= 15 is 0 Å². The van der Waals surface area contributed by atoms with E-state index in [2.05, 4.69) is 21.4 Å². The van der Waals surface area contributed by atoms with Gasteiger partial charge in [0.1, 0.15) is 5.82 Å². The number of rotatable bonds is 3. The fourth-order valence-electron chi connectivity index (χ4n) is 3.23. The van der Waals surface area contributed by atoms with Crippen molar-refractivity contribution in [3.05, 3.63) is 76.4 Å². The number of aromatic nitrogens is 2. The van der Waals surface area contributed by atoms with E-state index in [0.717, 1.165) is 47.5 Å². The molecule has 0 saturated carbocycles. The van der Waals surface area contributed by atoms with E-state index < -0.39 is 0 Å². The van der Waals surface area contributed by atoms with E-state index in [1.807, 2.05) is 52.1 Å². The van der Waals surface area contributed by atoms with Crippen LogP contribution in [0.3, 0.4) is 0 Å². The summed E-state index contributed by atoms with van der Waals surface area (Å²) in [4.78, 5) is 26.6. The van der Waals surface area contributed by atoms with Gasteiger partial charge in [-0.2, -0.15) is 0 Å². The van der Waals surface area contributed by atoms with Crippen molar-refractivity contribution in [2.45, 2.75) is 47.0 Å². The molecule has 0 fully saturated rings. The van der Waals surface area contributed by atoms with Crippen molar-refractivity contribution in [3.8, 4) is 0 Å². The van der Waals surface area contributed by atoms with Gasteiger partial charge in [-0.25, -0.2) is 4.98 Å². The summed E-state index contributed by atoms with van der Waals surface area (Å²) < 4.78 is 0. The molecule has 0 aromatic carbocycles. The summed E-state index contributed by atoms with van der Waals surface area (Å²) in [5.74, 6) is 0.400. The zero-order valence-corrected chi connectivity index (χ0v) is 16.9. The Balaban J connectivity index is 2.04. The molecule has 5 nitrogen and oxygen atoms in total. The monoisotopic (exact) mass is 374 g/mol. The topological polar surface area (TPSA) is 67.2 Å². The lowest BCUT2D eigenvalue weighted by atomic mass is 9.98. The lowest BCUT2D eigenvalue weighted by Gasteiger charge is -2.13. The first-order chi connectivity index (χ1) is 13.5. The van der Waals surface area contributed by atoms with E-state index in [1.165, 1.54) is 5.56 Å². The van der Waals surface area contributed by atoms with Gasteiger partial charge in [0.25, 0.3) is 5.91 Å². The van der Waals surface area contributed by atoms with Crippen LogP contribution in [0.2, 0.25) is 0 Å². The van der Waals surface area contributed by atoms with E-state index in [4.69, 9.17) is 4.99 Å². The second-order valence-electron chi connectivity index (χ2n) is 7.27. The summed E-state index contributed by atoms with van der Waals surface area (Å²) in [6.07, 6.45) is 6.29. The number of fused-ring (bicyclic) bond motifs is 1. The fourth-order valence-corrected chi connectivity index (χ4v) is 3.23. The summed E-state index contributed by atoms with van der Waals surface area (Å²) in [6.45, 7) is 7.77. The number of carbonyl (C=O) groups is 1. The van der Waals surface area contributed by atoms with Crippen molar-refractivity contribution in [1.82, 2.24) is 9.97 Å². The van der Waals surface area contributed by atoms with Crippen molar-refractivity contribution in [1.29, 1.82) is 0 Å². The second-order valence-corrected chi connectivity index (χ2v) is 7.27. The highest BCUT2D eigenvalue weighted by Crippen LogP contribution is 2.26. The van der Waals surface area contributed by atoms with Gasteiger partial charge in [-0.15, -0.1) is 0 Å². The number of anilines is 1. The standard InChI is InChI=1S/C23H26N4O/c1-15(2)14-25-22-19(11-6-9-18-10-7-13-24-21(18)22)17(4)23(28)27-20-12-5-8-16(3)26-20/h5,7-8,10,12-14H,6,9,11H2,1-4H3,(H,26,27,28)/b19-17+,25-22?. The maximum absolute atomic E-state index is 12.9. The molecular formula is C23H26N4O. The predicted molar refractivity (Wildman–Crippen MR) is 113 cm³/mol. The van der Waals surface area contributed by atoms with Gasteiger partial charge in [-0.1, -0.05) is 17.7 Å². The first-order valence-electron chi connectivity index (χ1n) is 9.56. The summed E-state index contributed by atoms with van der Waals surface area (Å²) in [5.41, 5.74) is 6.39. The molecule has 0 spiro atoms. The third-order valence-corrected chi connectivity index (χ3v) is 4.65. The van der Waals surface area contributed by atoms with Crippen molar-refractivity contribution in [3.63, 3.8) is 0 Å². The summed E-state index contributed by atoms with van der Waals surface area (Å²) in [7, 11) is 0. The van der Waals surface area contributed by atoms with Gasteiger partial charge in [0, 0.05) is 23.7 Å². The van der Waals surface area contributed by atoms with Gasteiger partial charge in [0.15, 0.2) is 0 Å². The zero-order chi connectivity index (χ0) is 20.1. The molecule has 0 bridgehead atoms. The Bertz CT molecular complexity index is 982. The number of nitrogens with zero attached hydrogens (tertiary/aromatic N) is 3. The quantitative estimate of drug-likeness (QED) is 0.620. The van der Waals surface area contributed by atoms with Crippen LogP contribution in [0, 0.1) is 6.92 Å². The van der Waals surface area contributed by atoms with Crippen molar-refractivity contribution in [2.24, 2.45) is 4.99 Å². The number of aliphatic imine (C=N–C) groups is 1. The number of pyridine rings is 2. The highest BCUT2D eigenvalue weighted by atomic mass is 16.1. The van der Waals surface area contributed by atoms with Crippen molar-refractivity contribution in [2.75, 3.05) is 5.32 Å². The Morgan fingerprint density at radius 3 is 2.71 bits per heavy atom. The first-order valence-corrected chi connectivity index (χ1v) is 9.56. The largest absolute Gasteiger partial charge is 0.307 e. The molecule has 1 aliphatic rings. The Morgan fingerprint density at radius 2 is 1.96 bits per heavy atom. The average Bonchev–Trinajstić information content (AvgIpc) is 2.85. The molecule has 3 rings (SSSR count). The molecule has 2 aromatic rings. The molecule has 0 saturated heterocycles. The van der Waals surface area contributed by atoms with Crippen LogP contribution >= 0.6 is 0 Å². The van der Waals surface area contributed by atoms with Crippen molar-refractivity contribution < 1.29 is 4.79 Å². The third kappa shape index (κ3) is 4.60. The predicted octanol–water partition coefficient (Wildman–Crippen LogP) is 4.79. The molecule has 0 unspecified atom stereocenters. The molecule has 144 valence electrons. The number of aryl methyl sites for hydroxylation is 2. The summed E-state index contributed by atoms with van der Waals surface area (Å²) in [5, 5.41) is 2.91. The van der Waals surface area contributed by atoms with E-state index in [0.29, 0.717) is 11.4 Å². The third-order valence-electron chi connectivity index (χ3n) is 4.65. The molecule has 0 aliphatic heterocycles. The number of hydrogen-bond acceptors (Lipinski definition) is 4. The van der Waals surface area contributed by atoms with Crippen LogP contribution in [-0.2, 0) is 11.2 Å². The van der Waals surface area contributed by atoms with Gasteiger partial charge in [0.05, 0.1) is 11.4 Å². The first kappa shape index (κ1) is 19.7. The van der Waals surface area contributed by atoms with Crippen LogP contribution in [0.25, 0.3) is 0 Å². The van der Waals surface area contributed by atoms with Gasteiger partial charge < -0.3 is 5.32 Å². The van der Waals surface area contributed by atoms with E-state index in [-0.39, 0.29) is 5.91 Å². The van der Waals surface area contributed by atoms with Crippen LogP contribution < -0.4 is 5.32 Å². The minimum atomic E-state index is -0.155. The molecule has 2 heterocycles. The van der Waals surface area contributed by atoms with Gasteiger partial charge >= 0.3 is 0 Å². The smallest absolute Gasteiger partial charge is 0.252 e. The average molecular weight is 374 g/mol. The SMILES string of the molecule is CC(C)=CN=C1/C(=C(\C)C(=O)Nc2cccc(C)n2)CCCc2cccnc21. The Kier molecular flexibility index (Phi) is 6.14. The molecule has 1 amide bonds. The molecule has 2 aromatic heterocycles. The minimum absolute atomic E-state index is 0.155. The maximum Gasteiger partial charge on any atom is 0.252 e. The van der Waals surface area contributed by atoms with E-state index in [1.54, 1.807) is 12.3 Å². The molecule has 28 heavy (non-hydrogen) atoms. The number of allylic oxidation sites excluding steroid dienone is 2. The lowest BCUT2D eigenvalue weighted by molar-refractivity contribution is -0.112. The summed E-state index contributed by atoms with van der Waals surface area (Å²) >= 11 is 0. The maximum atomic E-state index is 12.9. The molecule has 0 atom stereocenters. The molecular weight excluding hydrogens is 348 g/mol. The van der Waals surface area contributed by atoms with Crippen LogP contribution in [0.1, 0.15) is 50.6 Å². The van der Waals surface area contributed by atoms with E-state index in [9.17, 15) is 4.79 Å². The minimum Gasteiger partial charge on any atom is -0.307 e. The molecule has 0 radical (unpaired) electrons. The van der Waals surface area contributed by atoms with Crippen molar-refractivity contribution >= 4 is 17.4 Å². The Labute approximate surface area is 166 Å². The van der Waals surface area contributed by atoms with Gasteiger partial charge in [-0.3, -0.25) is 14.8 Å². The molecule has 5 heteroatoms. The van der Waals surface area contributed by atoms with Crippen LogP contribution in [0.5, 0.6) is 0 Å². The Morgan fingerprint density at radius 1 is 1.14 bits per heavy atom. The Hall–Kier alpha value is -3.08. The highest BCUT2D eigenvalue weighted by Gasteiger charge is 2.23. The number of nitrogens with one attached hydrogen (secondary N) is 1. The second kappa shape index (κ2) is 8.74. The van der Waals surface area contributed by atoms with Gasteiger partial charge in [-0.05, 0) is 76.3 Å². The normalized spacial score (nSPS) is 16.8. The molecule has 1 N–H and O–H groups in total. The lowest BCUT2D eigenvalue weighted by Crippen LogP contribution is -2.19. The number of amides is 1. The molecule has 1 aliphatic carbocycles.